The molecule has 0 radical (unpaired) electrons. The van der Waals surface area contributed by atoms with Gasteiger partial charge in [0.25, 0.3) is 0 Å². The van der Waals surface area contributed by atoms with Gasteiger partial charge in [0.05, 0.1) is 7.11 Å². The summed E-state index contributed by atoms with van der Waals surface area (Å²) in [6, 6.07) is 13.6. The van der Waals surface area contributed by atoms with Crippen LogP contribution in [-0.4, -0.2) is 23.1 Å². The smallest absolute Gasteiger partial charge is 0.182 e. The van der Waals surface area contributed by atoms with Gasteiger partial charge < -0.3 is 14.9 Å². The molecule has 0 unspecified atom stereocenters. The fraction of sp³-hybridized carbons (Fsp3) is 0.0556. The zero-order valence-electron chi connectivity index (χ0n) is 12.1. The van der Waals surface area contributed by atoms with Crippen LogP contribution in [0.4, 0.5) is 0 Å². The molecular weight excluding hydrogens is 280 g/mol. The molecule has 2 aromatic carbocycles. The van der Waals surface area contributed by atoms with Crippen LogP contribution >= 0.6 is 0 Å². The van der Waals surface area contributed by atoms with Crippen LogP contribution in [0.15, 0.2) is 60.7 Å². The normalized spacial score (nSPS) is 11.6. The summed E-state index contributed by atoms with van der Waals surface area (Å²) in [6.07, 6.45) is 4.08. The highest BCUT2D eigenvalue weighted by atomic mass is 16.5. The number of hydrogen-bond acceptors (Lipinski definition) is 4. The fourth-order valence-electron chi connectivity index (χ4n) is 1.85. The molecule has 4 nitrogen and oxygen atoms in total. The maximum absolute atomic E-state index is 11.8. The van der Waals surface area contributed by atoms with Gasteiger partial charge >= 0.3 is 0 Å². The molecule has 2 N–H and O–H groups in total. The van der Waals surface area contributed by atoms with Gasteiger partial charge in [-0.2, -0.15) is 0 Å². The van der Waals surface area contributed by atoms with E-state index in [1.54, 1.807) is 42.5 Å². The van der Waals surface area contributed by atoms with E-state index in [1.807, 2.05) is 6.07 Å². The first kappa shape index (κ1) is 15.4. The number of carbonyl (C=O) groups excluding carboxylic acids is 1. The van der Waals surface area contributed by atoms with Gasteiger partial charge in [0.2, 0.25) is 0 Å². The predicted octanol–water partition coefficient (Wildman–Crippen LogP) is 3.58. The van der Waals surface area contributed by atoms with Crippen molar-refractivity contribution in [3.05, 3.63) is 71.8 Å². The number of ether oxygens (including phenoxy) is 1. The van der Waals surface area contributed by atoms with Crippen molar-refractivity contribution in [1.82, 2.24) is 0 Å². The van der Waals surface area contributed by atoms with E-state index < -0.39 is 0 Å². The lowest BCUT2D eigenvalue weighted by Gasteiger charge is -2.03. The van der Waals surface area contributed by atoms with Crippen LogP contribution in [0.25, 0.3) is 11.8 Å². The number of aliphatic hydroxyl groups is 1. The molecule has 0 aromatic heterocycles. The van der Waals surface area contributed by atoms with E-state index >= 15 is 0 Å². The third-order valence-electron chi connectivity index (χ3n) is 2.99. The van der Waals surface area contributed by atoms with Crippen molar-refractivity contribution in [2.45, 2.75) is 0 Å². The Bertz CT molecular complexity index is 715. The first-order chi connectivity index (χ1) is 10.6. The number of hydrogen-bond donors (Lipinski definition) is 2. The maximum atomic E-state index is 11.8. The van der Waals surface area contributed by atoms with E-state index in [2.05, 4.69) is 0 Å². The lowest BCUT2D eigenvalue weighted by Crippen LogP contribution is -1.90. The first-order valence-electron chi connectivity index (χ1n) is 6.65. The molecule has 2 rings (SSSR count). The Hall–Kier alpha value is -3.01. The Balaban J connectivity index is 2.11. The summed E-state index contributed by atoms with van der Waals surface area (Å²) in [5.74, 6) is -0.0585. The largest absolute Gasteiger partial charge is 0.507 e. The molecule has 4 heteroatoms. The van der Waals surface area contributed by atoms with E-state index in [9.17, 15) is 15.0 Å². The molecule has 0 aliphatic heterocycles. The van der Waals surface area contributed by atoms with Crippen molar-refractivity contribution in [2.75, 3.05) is 7.11 Å². The second-order valence-corrected chi connectivity index (χ2v) is 4.56. The minimum Gasteiger partial charge on any atom is -0.507 e. The second kappa shape index (κ2) is 7.13. The number of carbonyl (C=O) groups is 1. The number of benzene rings is 2. The number of phenols is 1. The van der Waals surface area contributed by atoms with E-state index in [-0.39, 0.29) is 17.3 Å². The molecule has 0 fully saturated rings. The third-order valence-corrected chi connectivity index (χ3v) is 2.99. The van der Waals surface area contributed by atoms with Gasteiger partial charge in [-0.15, -0.1) is 0 Å². The molecule has 0 saturated heterocycles. The molecule has 112 valence electrons. The van der Waals surface area contributed by atoms with Crippen molar-refractivity contribution >= 4 is 17.6 Å². The molecule has 0 saturated carbocycles. The summed E-state index contributed by atoms with van der Waals surface area (Å²) in [6.45, 7) is 0. The predicted molar refractivity (Wildman–Crippen MR) is 85.7 cm³/mol. The van der Waals surface area contributed by atoms with Crippen LogP contribution in [0.5, 0.6) is 11.5 Å². The molecule has 2 aromatic rings. The molecule has 0 heterocycles. The fourth-order valence-corrected chi connectivity index (χ4v) is 1.85. The van der Waals surface area contributed by atoms with Gasteiger partial charge in [0.1, 0.15) is 5.76 Å². The van der Waals surface area contributed by atoms with Gasteiger partial charge in [-0.3, -0.25) is 4.79 Å². The van der Waals surface area contributed by atoms with Crippen LogP contribution in [0.1, 0.15) is 11.1 Å². The van der Waals surface area contributed by atoms with Crippen LogP contribution in [-0.2, 0) is 4.79 Å². The van der Waals surface area contributed by atoms with Crippen LogP contribution in [0.2, 0.25) is 0 Å². The summed E-state index contributed by atoms with van der Waals surface area (Å²) in [4.78, 5) is 11.8. The second-order valence-electron chi connectivity index (χ2n) is 4.56. The summed E-state index contributed by atoms with van der Waals surface area (Å²) in [5.41, 5.74) is 1.28. The standard InChI is InChI=1S/C18H16O4/c1-22-18-11-13(8-10-16(18)20)7-9-15(19)12-17(21)14-5-3-2-4-6-14/h2-12,20-21H,1H3/b9-7+,17-12?. The average molecular weight is 296 g/mol. The first-order valence-corrected chi connectivity index (χ1v) is 6.65. The van der Waals surface area contributed by atoms with Crippen molar-refractivity contribution < 1.29 is 19.7 Å². The Morgan fingerprint density at radius 1 is 1.14 bits per heavy atom. The van der Waals surface area contributed by atoms with Gasteiger partial charge in [0.15, 0.2) is 17.3 Å². The van der Waals surface area contributed by atoms with Gasteiger partial charge in [-0.1, -0.05) is 42.5 Å². The molecular formula is C18H16O4. The summed E-state index contributed by atoms with van der Waals surface area (Å²) < 4.78 is 4.99. The Kier molecular flexibility index (Phi) is 4.98. The third kappa shape index (κ3) is 3.99. The number of methoxy groups -OCH3 is 1. The number of aromatic hydroxyl groups is 1. The SMILES string of the molecule is COc1cc(/C=C/C(=O)C=C(O)c2ccccc2)ccc1O. The molecule has 0 atom stereocenters. The Morgan fingerprint density at radius 3 is 2.55 bits per heavy atom. The minimum atomic E-state index is -0.339. The molecule has 0 aliphatic carbocycles. The van der Waals surface area contributed by atoms with E-state index in [1.165, 1.54) is 19.3 Å². The van der Waals surface area contributed by atoms with Crippen LogP contribution in [0, 0.1) is 0 Å². The average Bonchev–Trinajstić information content (AvgIpc) is 2.55. The van der Waals surface area contributed by atoms with Crippen LogP contribution in [0.3, 0.4) is 0 Å². The lowest BCUT2D eigenvalue weighted by molar-refractivity contribution is -0.110. The zero-order valence-corrected chi connectivity index (χ0v) is 12.1. The van der Waals surface area contributed by atoms with Gasteiger partial charge in [-0.25, -0.2) is 0 Å². The van der Waals surface area contributed by atoms with Crippen molar-refractivity contribution in [1.29, 1.82) is 0 Å². The summed E-state index contributed by atoms with van der Waals surface area (Å²) >= 11 is 0. The van der Waals surface area contributed by atoms with E-state index in [0.717, 1.165) is 6.08 Å². The van der Waals surface area contributed by atoms with E-state index in [4.69, 9.17) is 4.74 Å². The lowest BCUT2D eigenvalue weighted by atomic mass is 10.1. The number of ketones is 1. The minimum absolute atomic E-state index is 0.0348. The Morgan fingerprint density at radius 2 is 1.86 bits per heavy atom. The topological polar surface area (TPSA) is 66.8 Å². The summed E-state index contributed by atoms with van der Waals surface area (Å²) in [7, 11) is 1.45. The zero-order chi connectivity index (χ0) is 15.9. The number of allylic oxidation sites excluding steroid dienone is 2. The summed E-state index contributed by atoms with van der Waals surface area (Å²) in [5, 5.41) is 19.4. The molecule has 0 bridgehead atoms. The number of phenolic OH excluding ortho intramolecular Hbond substituents is 1. The maximum Gasteiger partial charge on any atom is 0.182 e. The highest BCUT2D eigenvalue weighted by Crippen LogP contribution is 2.26. The highest BCUT2D eigenvalue weighted by Gasteiger charge is 2.02. The Labute approximate surface area is 128 Å². The van der Waals surface area contributed by atoms with E-state index in [0.29, 0.717) is 16.9 Å². The van der Waals surface area contributed by atoms with Gasteiger partial charge in [-0.05, 0) is 23.8 Å². The molecule has 22 heavy (non-hydrogen) atoms. The van der Waals surface area contributed by atoms with Crippen LogP contribution < -0.4 is 4.74 Å². The number of aliphatic hydroxyl groups excluding tert-OH is 1. The van der Waals surface area contributed by atoms with Gasteiger partial charge in [0, 0.05) is 11.6 Å². The highest BCUT2D eigenvalue weighted by molar-refractivity contribution is 6.05. The molecule has 0 aliphatic rings. The van der Waals surface area contributed by atoms with Crippen molar-refractivity contribution in [3.8, 4) is 11.5 Å². The molecule has 0 amide bonds. The van der Waals surface area contributed by atoms with Crippen molar-refractivity contribution in [3.63, 3.8) is 0 Å². The monoisotopic (exact) mass is 296 g/mol. The quantitative estimate of drug-likeness (QED) is 0.653. The number of rotatable bonds is 5. The molecule has 0 spiro atoms. The van der Waals surface area contributed by atoms with Crippen molar-refractivity contribution in [2.24, 2.45) is 0 Å².